The van der Waals surface area contributed by atoms with Gasteiger partial charge in [-0.2, -0.15) is 4.58 Å². The molecule has 3 aromatic rings. The number of methoxy groups -OCH3 is 1. The van der Waals surface area contributed by atoms with Crippen LogP contribution in [-0.2, 0) is 14.9 Å². The summed E-state index contributed by atoms with van der Waals surface area (Å²) in [5, 5.41) is 4.48. The van der Waals surface area contributed by atoms with Crippen molar-refractivity contribution in [1.82, 2.24) is 0 Å². The lowest BCUT2D eigenvalue weighted by molar-refractivity contribution is -0.401. The SMILES string of the molecule is COCC(=O)CC1(C)C(C=Cc2cccs2)=[N+](C)c2ccc3ccccc3c21. The number of hydrogen-bond donors (Lipinski definition) is 0. The van der Waals surface area contributed by atoms with Crippen LogP contribution in [0.2, 0.25) is 0 Å². The van der Waals surface area contributed by atoms with E-state index >= 15 is 0 Å². The third kappa shape index (κ3) is 3.13. The van der Waals surface area contributed by atoms with Gasteiger partial charge in [0, 0.05) is 36.1 Å². The number of ketones is 1. The van der Waals surface area contributed by atoms with Gasteiger partial charge < -0.3 is 4.74 Å². The Balaban J connectivity index is 1.89. The van der Waals surface area contributed by atoms with E-state index in [9.17, 15) is 4.79 Å². The molecule has 0 aliphatic carbocycles. The molecule has 0 N–H and O–H groups in total. The van der Waals surface area contributed by atoms with E-state index in [2.05, 4.69) is 84.6 Å². The van der Waals surface area contributed by atoms with Crippen molar-refractivity contribution in [3.8, 4) is 0 Å². The van der Waals surface area contributed by atoms with Crippen molar-refractivity contribution in [2.24, 2.45) is 0 Å². The zero-order valence-electron chi connectivity index (χ0n) is 16.4. The molecule has 1 unspecified atom stereocenters. The van der Waals surface area contributed by atoms with Gasteiger partial charge in [0.15, 0.2) is 11.5 Å². The highest BCUT2D eigenvalue weighted by atomic mass is 32.1. The number of benzene rings is 2. The molecular formula is C24H24NO2S+. The third-order valence-corrected chi connectivity index (χ3v) is 6.39. The molecule has 1 aliphatic heterocycles. The average molecular weight is 391 g/mol. The van der Waals surface area contributed by atoms with E-state index in [4.69, 9.17) is 4.74 Å². The highest BCUT2D eigenvalue weighted by molar-refractivity contribution is 7.10. The van der Waals surface area contributed by atoms with E-state index in [-0.39, 0.29) is 12.4 Å². The summed E-state index contributed by atoms with van der Waals surface area (Å²) in [6.45, 7) is 2.32. The molecule has 0 saturated heterocycles. The zero-order valence-corrected chi connectivity index (χ0v) is 17.3. The van der Waals surface area contributed by atoms with Crippen molar-refractivity contribution >= 4 is 45.4 Å². The fourth-order valence-corrected chi connectivity index (χ4v) is 4.99. The Morgan fingerprint density at radius 1 is 1.14 bits per heavy atom. The summed E-state index contributed by atoms with van der Waals surface area (Å²) in [7, 11) is 3.67. The van der Waals surface area contributed by atoms with Crippen molar-refractivity contribution in [1.29, 1.82) is 0 Å². The second-order valence-electron chi connectivity index (χ2n) is 7.45. The van der Waals surface area contributed by atoms with Gasteiger partial charge in [-0.15, -0.1) is 11.3 Å². The van der Waals surface area contributed by atoms with Crippen molar-refractivity contribution in [3.63, 3.8) is 0 Å². The number of allylic oxidation sites excluding steroid dienone is 1. The number of thiophene rings is 1. The van der Waals surface area contributed by atoms with Gasteiger partial charge in [0.1, 0.15) is 13.7 Å². The van der Waals surface area contributed by atoms with Crippen molar-refractivity contribution < 1.29 is 14.1 Å². The quantitative estimate of drug-likeness (QED) is 0.541. The Morgan fingerprint density at radius 3 is 2.71 bits per heavy atom. The Morgan fingerprint density at radius 2 is 1.96 bits per heavy atom. The van der Waals surface area contributed by atoms with Gasteiger partial charge >= 0.3 is 0 Å². The number of ether oxygens (including phenoxy) is 1. The predicted molar refractivity (Wildman–Crippen MR) is 117 cm³/mol. The molecule has 4 heteroatoms. The zero-order chi connectivity index (χ0) is 19.7. The number of nitrogens with zero attached hydrogens (tertiary/aromatic N) is 1. The minimum atomic E-state index is -0.408. The molecule has 1 atom stereocenters. The van der Waals surface area contributed by atoms with Crippen LogP contribution in [0.3, 0.4) is 0 Å². The van der Waals surface area contributed by atoms with Gasteiger partial charge in [0.25, 0.3) is 0 Å². The first-order chi connectivity index (χ1) is 13.5. The second kappa shape index (κ2) is 7.46. The first-order valence-corrected chi connectivity index (χ1v) is 10.3. The molecule has 4 rings (SSSR count). The second-order valence-corrected chi connectivity index (χ2v) is 8.43. The van der Waals surface area contributed by atoms with Crippen LogP contribution in [0.4, 0.5) is 5.69 Å². The summed E-state index contributed by atoms with van der Waals surface area (Å²) >= 11 is 1.71. The standard InChI is InChI=1S/C24H24NO2S/c1-24(15-18(26)16-27-3)22(13-11-19-8-6-14-28-19)25(2)21-12-10-17-7-4-5-9-20(17)23(21)24/h4-14H,15-16H2,1-3H3/q+1. The molecule has 2 heterocycles. The molecule has 0 spiro atoms. The number of rotatable bonds is 6. The van der Waals surface area contributed by atoms with Crippen LogP contribution in [0.1, 0.15) is 23.8 Å². The molecule has 0 saturated carbocycles. The van der Waals surface area contributed by atoms with Crippen LogP contribution >= 0.6 is 11.3 Å². The molecular weight excluding hydrogens is 366 g/mol. The van der Waals surface area contributed by atoms with E-state index in [0.29, 0.717) is 6.42 Å². The third-order valence-electron chi connectivity index (χ3n) is 5.55. The smallest absolute Gasteiger partial charge is 0.210 e. The highest BCUT2D eigenvalue weighted by Gasteiger charge is 2.48. The first-order valence-electron chi connectivity index (χ1n) is 9.40. The van der Waals surface area contributed by atoms with E-state index in [1.54, 1.807) is 18.4 Å². The maximum atomic E-state index is 12.7. The van der Waals surface area contributed by atoms with Crippen LogP contribution in [-0.4, -0.2) is 36.8 Å². The van der Waals surface area contributed by atoms with Gasteiger partial charge in [0.2, 0.25) is 5.69 Å². The Kier molecular flexibility index (Phi) is 5.00. The lowest BCUT2D eigenvalue weighted by atomic mass is 9.73. The summed E-state index contributed by atoms with van der Waals surface area (Å²) in [5.74, 6) is 0.112. The van der Waals surface area contributed by atoms with Gasteiger partial charge in [-0.05, 0) is 41.3 Å². The van der Waals surface area contributed by atoms with Gasteiger partial charge in [0.05, 0.1) is 5.41 Å². The maximum Gasteiger partial charge on any atom is 0.210 e. The fraction of sp³-hybridized carbons (Fsp3) is 0.250. The highest BCUT2D eigenvalue weighted by Crippen LogP contribution is 2.46. The molecule has 0 radical (unpaired) electrons. The van der Waals surface area contributed by atoms with Crippen LogP contribution in [0.5, 0.6) is 0 Å². The Labute approximate surface area is 169 Å². The minimum Gasteiger partial charge on any atom is -0.377 e. The summed E-state index contributed by atoms with van der Waals surface area (Å²) in [5.41, 5.74) is 3.12. The van der Waals surface area contributed by atoms with Gasteiger partial charge in [-0.1, -0.05) is 30.3 Å². The molecule has 28 heavy (non-hydrogen) atoms. The maximum absolute atomic E-state index is 12.7. The fourth-order valence-electron chi connectivity index (χ4n) is 4.38. The van der Waals surface area contributed by atoms with E-state index in [1.807, 2.05) is 0 Å². The minimum absolute atomic E-state index is 0.112. The molecule has 142 valence electrons. The number of fused-ring (bicyclic) bond motifs is 3. The largest absolute Gasteiger partial charge is 0.377 e. The molecule has 2 aromatic carbocycles. The number of Topliss-reactive ketones (excluding diaryl/α,β-unsaturated/α-hetero) is 1. The lowest BCUT2D eigenvalue weighted by Crippen LogP contribution is -2.34. The summed E-state index contributed by atoms with van der Waals surface area (Å²) in [6.07, 6.45) is 4.72. The number of carbonyl (C=O) groups excluding carboxylic acids is 1. The normalized spacial score (nSPS) is 19.0. The summed E-state index contributed by atoms with van der Waals surface area (Å²) in [4.78, 5) is 13.9. The van der Waals surface area contributed by atoms with Crippen molar-refractivity contribution in [2.45, 2.75) is 18.8 Å². The van der Waals surface area contributed by atoms with Crippen molar-refractivity contribution in [3.05, 3.63) is 70.4 Å². The van der Waals surface area contributed by atoms with E-state index in [1.165, 1.54) is 21.2 Å². The first kappa shape index (κ1) is 18.8. The van der Waals surface area contributed by atoms with Crippen LogP contribution < -0.4 is 0 Å². The topological polar surface area (TPSA) is 29.3 Å². The molecule has 0 amide bonds. The molecule has 1 aromatic heterocycles. The number of hydrogen-bond acceptors (Lipinski definition) is 3. The number of carbonyl (C=O) groups is 1. The van der Waals surface area contributed by atoms with E-state index < -0.39 is 5.41 Å². The summed E-state index contributed by atoms with van der Waals surface area (Å²) in [6, 6.07) is 16.9. The lowest BCUT2D eigenvalue weighted by Gasteiger charge is -2.23. The molecule has 0 bridgehead atoms. The van der Waals surface area contributed by atoms with Crippen LogP contribution in [0.15, 0.2) is 60.0 Å². The molecule has 0 fully saturated rings. The Hall–Kier alpha value is -2.56. The average Bonchev–Trinajstić information content (AvgIpc) is 3.26. The van der Waals surface area contributed by atoms with Gasteiger partial charge in [-0.3, -0.25) is 4.79 Å². The Bertz CT molecular complexity index is 1100. The van der Waals surface area contributed by atoms with Gasteiger partial charge in [-0.25, -0.2) is 0 Å². The monoisotopic (exact) mass is 390 g/mol. The predicted octanol–water partition coefficient (Wildman–Crippen LogP) is 5.21. The molecule has 1 aliphatic rings. The van der Waals surface area contributed by atoms with Crippen molar-refractivity contribution in [2.75, 3.05) is 20.8 Å². The molecule has 3 nitrogen and oxygen atoms in total. The summed E-state index contributed by atoms with van der Waals surface area (Å²) < 4.78 is 7.35. The van der Waals surface area contributed by atoms with Crippen LogP contribution in [0.25, 0.3) is 16.8 Å². The van der Waals surface area contributed by atoms with E-state index in [0.717, 1.165) is 11.4 Å². The van der Waals surface area contributed by atoms with Crippen LogP contribution in [0, 0.1) is 0 Å².